The Hall–Kier alpha value is -3.50. The average molecular weight is 439 g/mol. The average Bonchev–Trinajstić information content (AvgIpc) is 3.32. The number of halogens is 5. The predicted octanol–water partition coefficient (Wildman–Crippen LogP) is 4.78. The van der Waals surface area contributed by atoms with Gasteiger partial charge in [-0.2, -0.15) is 4.98 Å². The molecule has 31 heavy (non-hydrogen) atoms. The number of ether oxygens (including phenoxy) is 1. The number of carbonyl (C=O) groups excluding carboxylic acids is 1. The minimum atomic E-state index is -4.81. The van der Waals surface area contributed by atoms with Crippen molar-refractivity contribution in [3.8, 4) is 17.1 Å². The summed E-state index contributed by atoms with van der Waals surface area (Å²) in [5.41, 5.74) is 0.386. The molecular weight excluding hydrogens is 425 g/mol. The van der Waals surface area contributed by atoms with Crippen molar-refractivity contribution in [2.24, 2.45) is 0 Å². The first-order valence-corrected chi connectivity index (χ1v) is 9.13. The van der Waals surface area contributed by atoms with Crippen molar-refractivity contribution in [3.05, 3.63) is 65.6 Å². The third-order valence-corrected chi connectivity index (χ3v) is 4.75. The lowest BCUT2D eigenvalue weighted by Crippen LogP contribution is -2.27. The SMILES string of the molecule is O=C1CCC(c2nc(-c3ccc(OC(F)(F)F)cc3)no2)N1Cc1cc(F)ccc1F. The fourth-order valence-electron chi connectivity index (χ4n) is 3.33. The van der Waals surface area contributed by atoms with Crippen LogP contribution in [0.1, 0.15) is 30.3 Å². The minimum absolute atomic E-state index is 0.0141. The van der Waals surface area contributed by atoms with E-state index < -0.39 is 29.8 Å². The van der Waals surface area contributed by atoms with Crippen LogP contribution in [0.2, 0.25) is 0 Å². The lowest BCUT2D eigenvalue weighted by atomic mass is 10.1. The molecule has 1 aliphatic heterocycles. The second-order valence-electron chi connectivity index (χ2n) is 6.84. The number of carbonyl (C=O) groups is 1. The van der Waals surface area contributed by atoms with Crippen LogP contribution in [0.4, 0.5) is 22.0 Å². The van der Waals surface area contributed by atoms with Gasteiger partial charge in [-0.3, -0.25) is 4.79 Å². The van der Waals surface area contributed by atoms with E-state index in [1.54, 1.807) is 0 Å². The van der Waals surface area contributed by atoms with Crippen LogP contribution in [-0.4, -0.2) is 27.3 Å². The fourth-order valence-corrected chi connectivity index (χ4v) is 3.33. The number of aromatic nitrogens is 2. The molecule has 3 aromatic rings. The van der Waals surface area contributed by atoms with Crippen LogP contribution in [0.25, 0.3) is 11.4 Å². The Morgan fingerprint density at radius 1 is 1.13 bits per heavy atom. The Kier molecular flexibility index (Phi) is 5.34. The zero-order valence-corrected chi connectivity index (χ0v) is 15.7. The standard InChI is InChI=1S/C20H14F5N3O3/c21-13-3-6-15(22)12(9-13)10-28-16(7-8-17(28)29)19-26-18(27-31-19)11-1-4-14(5-2-11)30-20(23,24)25/h1-6,9,16H,7-8,10H2. The molecule has 1 aliphatic rings. The molecule has 0 spiro atoms. The maximum absolute atomic E-state index is 14.0. The summed E-state index contributed by atoms with van der Waals surface area (Å²) in [5, 5.41) is 3.81. The van der Waals surface area contributed by atoms with Crippen LogP contribution in [-0.2, 0) is 11.3 Å². The normalized spacial score (nSPS) is 16.7. The second-order valence-corrected chi connectivity index (χ2v) is 6.84. The lowest BCUT2D eigenvalue weighted by molar-refractivity contribution is -0.274. The summed E-state index contributed by atoms with van der Waals surface area (Å²) in [5.74, 6) is -1.75. The smallest absolute Gasteiger partial charge is 0.406 e. The van der Waals surface area contributed by atoms with Crippen LogP contribution in [0, 0.1) is 11.6 Å². The molecule has 1 atom stereocenters. The molecule has 11 heteroatoms. The first-order valence-electron chi connectivity index (χ1n) is 9.13. The molecule has 0 saturated carbocycles. The number of alkyl halides is 3. The number of hydrogen-bond acceptors (Lipinski definition) is 5. The molecule has 162 valence electrons. The second kappa shape index (κ2) is 7.97. The molecular formula is C20H14F5N3O3. The predicted molar refractivity (Wildman–Crippen MR) is 95.3 cm³/mol. The zero-order chi connectivity index (χ0) is 22.2. The molecule has 2 aromatic carbocycles. The van der Waals surface area contributed by atoms with Crippen molar-refractivity contribution in [2.75, 3.05) is 0 Å². The van der Waals surface area contributed by atoms with Gasteiger partial charge in [-0.25, -0.2) is 8.78 Å². The van der Waals surface area contributed by atoms with Crippen molar-refractivity contribution in [1.82, 2.24) is 15.0 Å². The molecule has 0 radical (unpaired) electrons. The van der Waals surface area contributed by atoms with Crippen LogP contribution >= 0.6 is 0 Å². The highest BCUT2D eigenvalue weighted by Gasteiger charge is 2.36. The topological polar surface area (TPSA) is 68.5 Å². The van der Waals surface area contributed by atoms with E-state index in [0.29, 0.717) is 12.0 Å². The van der Waals surface area contributed by atoms with E-state index in [9.17, 15) is 26.7 Å². The van der Waals surface area contributed by atoms with Gasteiger partial charge in [0.1, 0.15) is 23.4 Å². The Morgan fingerprint density at radius 2 is 1.87 bits per heavy atom. The van der Waals surface area contributed by atoms with Crippen molar-refractivity contribution >= 4 is 5.91 Å². The highest BCUT2D eigenvalue weighted by molar-refractivity contribution is 5.78. The van der Waals surface area contributed by atoms with Crippen molar-refractivity contribution < 1.29 is 36.0 Å². The Morgan fingerprint density at radius 3 is 2.58 bits per heavy atom. The van der Waals surface area contributed by atoms with Crippen LogP contribution < -0.4 is 4.74 Å². The third kappa shape index (κ3) is 4.65. The molecule has 1 aromatic heterocycles. The van der Waals surface area contributed by atoms with Gasteiger partial charge in [0.15, 0.2) is 0 Å². The number of rotatable bonds is 5. The quantitative estimate of drug-likeness (QED) is 0.536. The molecule has 1 unspecified atom stereocenters. The van der Waals surface area contributed by atoms with Crippen LogP contribution in [0.5, 0.6) is 5.75 Å². The molecule has 0 bridgehead atoms. The molecule has 1 amide bonds. The molecule has 6 nitrogen and oxygen atoms in total. The first kappa shape index (κ1) is 20.8. The van der Waals surface area contributed by atoms with E-state index in [-0.39, 0.29) is 36.2 Å². The van der Waals surface area contributed by atoms with Crippen molar-refractivity contribution in [3.63, 3.8) is 0 Å². The summed E-state index contributed by atoms with van der Waals surface area (Å²) in [6.07, 6.45) is -4.29. The minimum Gasteiger partial charge on any atom is -0.406 e. The van der Waals surface area contributed by atoms with Gasteiger partial charge in [0.25, 0.3) is 0 Å². The Labute approximate surface area is 172 Å². The van der Waals surface area contributed by atoms with Gasteiger partial charge in [0.05, 0.1) is 0 Å². The number of nitrogens with zero attached hydrogens (tertiary/aromatic N) is 3. The van der Waals surface area contributed by atoms with Crippen LogP contribution in [0.15, 0.2) is 47.0 Å². The maximum atomic E-state index is 14.0. The highest BCUT2D eigenvalue weighted by Crippen LogP contribution is 2.35. The first-order chi connectivity index (χ1) is 14.7. The number of hydrogen-bond donors (Lipinski definition) is 0. The van der Waals surface area contributed by atoms with Gasteiger partial charge in [-0.1, -0.05) is 5.16 Å². The highest BCUT2D eigenvalue weighted by atomic mass is 19.4. The summed E-state index contributed by atoms with van der Waals surface area (Å²) in [6, 6.07) is 7.22. The molecule has 1 fully saturated rings. The van der Waals surface area contributed by atoms with Gasteiger partial charge in [-0.05, 0) is 48.9 Å². The van der Waals surface area contributed by atoms with E-state index >= 15 is 0 Å². The maximum Gasteiger partial charge on any atom is 0.573 e. The van der Waals surface area contributed by atoms with E-state index in [0.717, 1.165) is 30.3 Å². The summed E-state index contributed by atoms with van der Waals surface area (Å²) < 4.78 is 73.4. The molecule has 0 N–H and O–H groups in total. The van der Waals surface area contributed by atoms with E-state index in [1.165, 1.54) is 17.0 Å². The molecule has 0 aliphatic carbocycles. The van der Waals surface area contributed by atoms with Crippen molar-refractivity contribution in [1.29, 1.82) is 0 Å². The summed E-state index contributed by atoms with van der Waals surface area (Å²) >= 11 is 0. The zero-order valence-electron chi connectivity index (χ0n) is 15.7. The van der Waals surface area contributed by atoms with Crippen LogP contribution in [0.3, 0.4) is 0 Å². The number of benzene rings is 2. The summed E-state index contributed by atoms with van der Waals surface area (Å²) in [4.78, 5) is 17.9. The van der Waals surface area contributed by atoms with Gasteiger partial charge in [-0.15, -0.1) is 13.2 Å². The number of likely N-dealkylation sites (tertiary alicyclic amines) is 1. The fraction of sp³-hybridized carbons (Fsp3) is 0.250. The van der Waals surface area contributed by atoms with E-state index in [4.69, 9.17) is 4.52 Å². The molecule has 2 heterocycles. The summed E-state index contributed by atoms with van der Waals surface area (Å²) in [6.45, 7) is -0.172. The molecule has 1 saturated heterocycles. The van der Waals surface area contributed by atoms with Crippen molar-refractivity contribution in [2.45, 2.75) is 31.8 Å². The van der Waals surface area contributed by atoms with Gasteiger partial charge < -0.3 is 14.2 Å². The molecule has 4 rings (SSSR count). The number of amides is 1. The Bertz CT molecular complexity index is 1100. The monoisotopic (exact) mass is 439 g/mol. The Balaban J connectivity index is 1.53. The summed E-state index contributed by atoms with van der Waals surface area (Å²) in [7, 11) is 0. The van der Waals surface area contributed by atoms with Gasteiger partial charge >= 0.3 is 6.36 Å². The van der Waals surface area contributed by atoms with E-state index in [1.807, 2.05) is 0 Å². The van der Waals surface area contributed by atoms with E-state index in [2.05, 4.69) is 14.9 Å². The van der Waals surface area contributed by atoms with Gasteiger partial charge in [0, 0.05) is 24.1 Å². The largest absolute Gasteiger partial charge is 0.573 e. The lowest BCUT2D eigenvalue weighted by Gasteiger charge is -2.22. The van der Waals surface area contributed by atoms with Gasteiger partial charge in [0.2, 0.25) is 17.6 Å². The third-order valence-electron chi connectivity index (χ3n) is 4.75.